The summed E-state index contributed by atoms with van der Waals surface area (Å²) < 4.78 is 1.43. The molecule has 0 spiro atoms. The molecule has 16 heavy (non-hydrogen) atoms. The lowest BCUT2D eigenvalue weighted by molar-refractivity contribution is 0.887. The van der Waals surface area contributed by atoms with Gasteiger partial charge in [0.1, 0.15) is 0 Å². The first kappa shape index (κ1) is 10.4. The zero-order chi connectivity index (χ0) is 11.7. The fraction of sp³-hybridized carbons (Fsp3) is 0.167. The Kier molecular flexibility index (Phi) is 2.48. The van der Waals surface area contributed by atoms with E-state index in [-0.39, 0.29) is 5.56 Å². The Morgan fingerprint density at radius 1 is 1.12 bits per heavy atom. The molecule has 0 bridgehead atoms. The highest BCUT2D eigenvalue weighted by Crippen LogP contribution is 2.14. The number of H-pyrrole nitrogens is 1. The van der Waals surface area contributed by atoms with E-state index in [1.54, 1.807) is 0 Å². The zero-order valence-electron chi connectivity index (χ0n) is 9.15. The molecule has 2 aromatic rings. The molecule has 0 atom stereocenters. The van der Waals surface area contributed by atoms with Gasteiger partial charge in [0.05, 0.1) is 5.69 Å². The van der Waals surface area contributed by atoms with Crippen LogP contribution in [0.15, 0.2) is 40.1 Å². The Morgan fingerprint density at radius 2 is 1.88 bits per heavy atom. The predicted molar refractivity (Wildman–Crippen MR) is 62.1 cm³/mol. The lowest BCUT2D eigenvalue weighted by Gasteiger charge is -2.09. The second-order valence-electron chi connectivity index (χ2n) is 3.70. The van der Waals surface area contributed by atoms with Gasteiger partial charge in [-0.1, -0.05) is 12.1 Å². The second kappa shape index (κ2) is 3.81. The van der Waals surface area contributed by atoms with Gasteiger partial charge in [-0.05, 0) is 31.0 Å². The van der Waals surface area contributed by atoms with Crippen LogP contribution in [0.25, 0.3) is 5.69 Å². The minimum Gasteiger partial charge on any atom is -0.274 e. The Labute approximate surface area is 92.2 Å². The van der Waals surface area contributed by atoms with E-state index < -0.39 is 5.69 Å². The Hall–Kier alpha value is -2.10. The summed E-state index contributed by atoms with van der Waals surface area (Å²) in [6, 6.07) is 7.05. The summed E-state index contributed by atoms with van der Waals surface area (Å²) in [4.78, 5) is 24.8. The molecule has 0 fully saturated rings. The average molecular weight is 216 g/mol. The molecule has 1 heterocycles. The van der Waals surface area contributed by atoms with Gasteiger partial charge in [0, 0.05) is 12.3 Å². The number of aryl methyl sites for hydroxylation is 1. The molecule has 1 aromatic heterocycles. The van der Waals surface area contributed by atoms with Gasteiger partial charge in [-0.3, -0.25) is 14.3 Å². The van der Waals surface area contributed by atoms with Gasteiger partial charge < -0.3 is 0 Å². The van der Waals surface area contributed by atoms with Gasteiger partial charge in [0.2, 0.25) is 0 Å². The van der Waals surface area contributed by atoms with Crippen LogP contribution >= 0.6 is 0 Å². The van der Waals surface area contributed by atoms with E-state index >= 15 is 0 Å². The lowest BCUT2D eigenvalue weighted by atomic mass is 10.1. The summed E-state index contributed by atoms with van der Waals surface area (Å²) in [5.41, 5.74) is 2.13. The maximum atomic E-state index is 11.6. The van der Waals surface area contributed by atoms with E-state index in [2.05, 4.69) is 4.98 Å². The molecular weight excluding hydrogens is 204 g/mol. The smallest absolute Gasteiger partial charge is 0.274 e. The van der Waals surface area contributed by atoms with Crippen molar-refractivity contribution in [2.75, 3.05) is 0 Å². The van der Waals surface area contributed by atoms with Gasteiger partial charge in [-0.25, -0.2) is 4.79 Å². The van der Waals surface area contributed by atoms with Crippen LogP contribution < -0.4 is 11.2 Å². The van der Waals surface area contributed by atoms with Crippen molar-refractivity contribution < 1.29 is 0 Å². The summed E-state index contributed by atoms with van der Waals surface area (Å²) in [6.07, 6.45) is 1.49. The van der Waals surface area contributed by atoms with Crippen LogP contribution in [0.5, 0.6) is 0 Å². The molecule has 0 amide bonds. The van der Waals surface area contributed by atoms with Gasteiger partial charge >= 0.3 is 5.69 Å². The lowest BCUT2D eigenvalue weighted by Crippen LogP contribution is -2.27. The number of hydrogen-bond donors (Lipinski definition) is 1. The minimum absolute atomic E-state index is 0.383. The largest absolute Gasteiger partial charge is 0.332 e. The highest BCUT2D eigenvalue weighted by atomic mass is 16.2. The molecule has 82 valence electrons. The van der Waals surface area contributed by atoms with Crippen LogP contribution in [0.4, 0.5) is 0 Å². The molecule has 0 aliphatic rings. The highest BCUT2D eigenvalue weighted by molar-refractivity contribution is 5.44. The molecule has 1 aromatic carbocycles. The van der Waals surface area contributed by atoms with Crippen LogP contribution in [0.2, 0.25) is 0 Å². The van der Waals surface area contributed by atoms with Crippen molar-refractivity contribution in [1.29, 1.82) is 0 Å². The van der Waals surface area contributed by atoms with Crippen molar-refractivity contribution in [1.82, 2.24) is 9.55 Å². The number of nitrogens with zero attached hydrogens (tertiary/aromatic N) is 1. The fourth-order valence-electron chi connectivity index (χ4n) is 1.60. The van der Waals surface area contributed by atoms with Crippen molar-refractivity contribution in [2.45, 2.75) is 13.8 Å². The first-order chi connectivity index (χ1) is 7.59. The summed E-state index contributed by atoms with van der Waals surface area (Å²) in [6.45, 7) is 3.93. The number of aromatic nitrogens is 2. The van der Waals surface area contributed by atoms with Crippen molar-refractivity contribution in [3.8, 4) is 5.69 Å². The molecule has 0 aliphatic heterocycles. The molecule has 0 aliphatic carbocycles. The minimum atomic E-state index is -0.416. The molecular formula is C12H12N2O2. The van der Waals surface area contributed by atoms with Crippen LogP contribution in [-0.2, 0) is 0 Å². The van der Waals surface area contributed by atoms with Crippen LogP contribution in [0.3, 0.4) is 0 Å². The number of hydrogen-bond acceptors (Lipinski definition) is 2. The van der Waals surface area contributed by atoms with E-state index in [4.69, 9.17) is 0 Å². The van der Waals surface area contributed by atoms with Crippen molar-refractivity contribution in [2.24, 2.45) is 0 Å². The Balaban J connectivity index is 2.73. The van der Waals surface area contributed by atoms with E-state index in [9.17, 15) is 9.59 Å². The van der Waals surface area contributed by atoms with E-state index in [1.807, 2.05) is 32.0 Å². The SMILES string of the molecule is Cc1cccc(-n2ccc(=O)[nH]c2=O)c1C. The van der Waals surface area contributed by atoms with Crippen LogP contribution in [-0.4, -0.2) is 9.55 Å². The highest BCUT2D eigenvalue weighted by Gasteiger charge is 2.04. The third-order valence-electron chi connectivity index (χ3n) is 2.66. The standard InChI is InChI=1S/C12H12N2O2/c1-8-4-3-5-10(9(8)2)14-7-6-11(15)13-12(14)16/h3-7H,1-2H3,(H,13,15,16). The van der Waals surface area contributed by atoms with Crippen LogP contribution in [0, 0.1) is 13.8 Å². The quantitative estimate of drug-likeness (QED) is 0.777. The molecule has 4 heteroatoms. The molecule has 0 saturated heterocycles. The summed E-state index contributed by atoms with van der Waals surface area (Å²) in [5.74, 6) is 0. The van der Waals surface area contributed by atoms with Crippen molar-refractivity contribution in [3.63, 3.8) is 0 Å². The number of aromatic amines is 1. The normalized spacial score (nSPS) is 10.4. The first-order valence-electron chi connectivity index (χ1n) is 4.98. The molecule has 1 N–H and O–H groups in total. The molecule has 0 unspecified atom stereocenters. The maximum Gasteiger partial charge on any atom is 0.332 e. The summed E-state index contributed by atoms with van der Waals surface area (Å²) in [5, 5.41) is 0. The van der Waals surface area contributed by atoms with Crippen LogP contribution in [0.1, 0.15) is 11.1 Å². The summed E-state index contributed by atoms with van der Waals surface area (Å²) in [7, 11) is 0. The first-order valence-corrected chi connectivity index (χ1v) is 4.98. The number of rotatable bonds is 1. The third kappa shape index (κ3) is 1.69. The van der Waals surface area contributed by atoms with Gasteiger partial charge in [0.15, 0.2) is 0 Å². The van der Waals surface area contributed by atoms with Crippen molar-refractivity contribution >= 4 is 0 Å². The molecule has 0 saturated carbocycles. The number of nitrogens with one attached hydrogen (secondary N) is 1. The number of benzene rings is 1. The topological polar surface area (TPSA) is 54.9 Å². The Bertz CT molecular complexity index is 638. The third-order valence-corrected chi connectivity index (χ3v) is 2.66. The molecule has 2 rings (SSSR count). The monoisotopic (exact) mass is 216 g/mol. The summed E-state index contributed by atoms with van der Waals surface area (Å²) >= 11 is 0. The van der Waals surface area contributed by atoms with Gasteiger partial charge in [-0.2, -0.15) is 0 Å². The van der Waals surface area contributed by atoms with Crippen molar-refractivity contribution in [3.05, 3.63) is 62.4 Å². The Morgan fingerprint density at radius 3 is 2.56 bits per heavy atom. The average Bonchev–Trinajstić information content (AvgIpc) is 2.23. The van der Waals surface area contributed by atoms with E-state index in [0.717, 1.165) is 16.8 Å². The molecule has 0 radical (unpaired) electrons. The van der Waals surface area contributed by atoms with Gasteiger partial charge in [0.25, 0.3) is 5.56 Å². The van der Waals surface area contributed by atoms with E-state index in [1.165, 1.54) is 16.8 Å². The predicted octanol–water partition coefficient (Wildman–Crippen LogP) is 1.14. The second-order valence-corrected chi connectivity index (χ2v) is 3.70. The fourth-order valence-corrected chi connectivity index (χ4v) is 1.60. The zero-order valence-corrected chi connectivity index (χ0v) is 9.15. The molecule has 4 nitrogen and oxygen atoms in total. The maximum absolute atomic E-state index is 11.6. The van der Waals surface area contributed by atoms with E-state index in [0.29, 0.717) is 0 Å². The van der Waals surface area contributed by atoms with Gasteiger partial charge in [-0.15, -0.1) is 0 Å².